The molecule has 0 N–H and O–H groups in total. The summed E-state index contributed by atoms with van der Waals surface area (Å²) in [5.74, 6) is 0. The van der Waals surface area contributed by atoms with E-state index in [0.29, 0.717) is 10.5 Å². The Kier molecular flexibility index (Phi) is 5.31. The molecule has 0 saturated carbocycles. The third-order valence-corrected chi connectivity index (χ3v) is 13.6. The quantitative estimate of drug-likeness (QED) is 0.370. The van der Waals surface area contributed by atoms with Gasteiger partial charge in [-0.15, -0.1) is 0 Å². The summed E-state index contributed by atoms with van der Waals surface area (Å²) in [6.07, 6.45) is 20.7. The minimum Gasteiger partial charge on any atom is -0.226 e. The Labute approximate surface area is 210 Å². The van der Waals surface area contributed by atoms with E-state index in [4.69, 9.17) is 0 Å². The molecule has 0 heterocycles. The number of hydrogen-bond acceptors (Lipinski definition) is 0. The number of rotatable bonds is 2. The topological polar surface area (TPSA) is 0 Å². The second-order valence-electron chi connectivity index (χ2n) is 11.4. The lowest BCUT2D eigenvalue weighted by molar-refractivity contribution is 0.680. The highest BCUT2D eigenvalue weighted by Crippen LogP contribution is 2.72. The first kappa shape index (κ1) is 22.2. The summed E-state index contributed by atoms with van der Waals surface area (Å²) >= 11 is 4.06. The first-order chi connectivity index (χ1) is 15.8. The van der Waals surface area contributed by atoms with E-state index in [1.54, 1.807) is 55.7 Å². The normalized spacial score (nSPS) is 23.9. The molecule has 0 aliphatic heterocycles. The maximum Gasteiger partial charge on any atom is 0.0361 e. The van der Waals surface area contributed by atoms with E-state index in [0.717, 1.165) is 0 Å². The summed E-state index contributed by atoms with van der Waals surface area (Å²) in [4.78, 5) is 0. The van der Waals surface area contributed by atoms with Crippen molar-refractivity contribution in [2.75, 3.05) is 12.5 Å². The smallest absolute Gasteiger partial charge is 0.0361 e. The van der Waals surface area contributed by atoms with Crippen LogP contribution in [0.3, 0.4) is 0 Å². The first-order valence-electron chi connectivity index (χ1n) is 12.9. The van der Waals surface area contributed by atoms with Gasteiger partial charge in [-0.25, -0.2) is 10.0 Å². The first-order valence-corrected chi connectivity index (χ1v) is 16.2. The van der Waals surface area contributed by atoms with Crippen LogP contribution in [-0.2, 0) is 25.7 Å². The van der Waals surface area contributed by atoms with Crippen LogP contribution in [-0.4, -0.2) is 12.5 Å². The second-order valence-corrected chi connectivity index (χ2v) is 16.1. The zero-order valence-corrected chi connectivity index (χ0v) is 23.3. The van der Waals surface area contributed by atoms with Crippen molar-refractivity contribution in [3.8, 4) is 0 Å². The average molecular weight is 522 g/mol. The van der Waals surface area contributed by atoms with E-state index >= 15 is 0 Å². The van der Waals surface area contributed by atoms with Crippen LogP contribution in [0.1, 0.15) is 100 Å². The minimum atomic E-state index is -1.01. The Bertz CT molecular complexity index is 1150. The van der Waals surface area contributed by atoms with Crippen molar-refractivity contribution in [2.24, 2.45) is 0 Å². The molecule has 0 aromatic heterocycles. The predicted molar refractivity (Wildman–Crippen MR) is 151 cm³/mol. The van der Waals surface area contributed by atoms with E-state index < -0.39 is 10.0 Å². The molecule has 6 rings (SSSR count). The molecule has 2 aromatic carbocycles. The second kappa shape index (κ2) is 7.89. The summed E-state index contributed by atoms with van der Waals surface area (Å²) < 4.78 is 1.40. The van der Waals surface area contributed by atoms with Gasteiger partial charge in [0.2, 0.25) is 0 Å². The van der Waals surface area contributed by atoms with Gasteiger partial charge in [0.1, 0.15) is 0 Å². The molecule has 2 heteroatoms. The summed E-state index contributed by atoms with van der Waals surface area (Å²) in [5.41, 5.74) is 17.5. The van der Waals surface area contributed by atoms with Crippen LogP contribution < -0.4 is 0 Å². The lowest BCUT2D eigenvalue weighted by atomic mass is 9.85. The largest absolute Gasteiger partial charge is 0.226 e. The summed E-state index contributed by atoms with van der Waals surface area (Å²) in [7, 11) is -1.01. The van der Waals surface area contributed by atoms with Gasteiger partial charge in [-0.3, -0.25) is 0 Å². The maximum atomic E-state index is 4.06. The van der Waals surface area contributed by atoms with Gasteiger partial charge in [0.15, 0.2) is 0 Å². The molecular formula is C31H37BrS. The molecule has 0 amide bonds. The van der Waals surface area contributed by atoms with Gasteiger partial charge in [-0.05, 0) is 151 Å². The molecule has 0 saturated heterocycles. The van der Waals surface area contributed by atoms with E-state index in [2.05, 4.69) is 73.5 Å². The number of hydrogen-bond donors (Lipinski definition) is 0. The highest BCUT2D eigenvalue weighted by atomic mass is 79.9. The zero-order chi connectivity index (χ0) is 23.1. The summed E-state index contributed by atoms with van der Waals surface area (Å²) in [6.45, 7) is 7.21. The molecule has 2 unspecified atom stereocenters. The Morgan fingerprint density at radius 2 is 1.18 bits per heavy atom. The average Bonchev–Trinajstić information content (AvgIpc) is 3.31. The van der Waals surface area contributed by atoms with Gasteiger partial charge in [0.05, 0.1) is 0 Å². The zero-order valence-electron chi connectivity index (χ0n) is 20.9. The van der Waals surface area contributed by atoms with Gasteiger partial charge < -0.3 is 0 Å². The van der Waals surface area contributed by atoms with Crippen LogP contribution in [0.25, 0.3) is 12.2 Å². The molecule has 4 aliphatic rings. The molecule has 0 nitrogen and oxygen atoms in total. The molecule has 4 aliphatic carbocycles. The Morgan fingerprint density at radius 3 is 1.82 bits per heavy atom. The fourth-order valence-corrected chi connectivity index (χ4v) is 12.5. The van der Waals surface area contributed by atoms with Crippen molar-refractivity contribution in [3.05, 3.63) is 77.8 Å². The van der Waals surface area contributed by atoms with E-state index in [-0.39, 0.29) is 0 Å². The number of aryl methyl sites for hydroxylation is 2. The molecule has 174 valence electrons. The van der Waals surface area contributed by atoms with Crippen LogP contribution in [0, 0.1) is 6.92 Å². The van der Waals surface area contributed by atoms with Crippen molar-refractivity contribution in [1.82, 2.24) is 0 Å². The Balaban J connectivity index is 1.48. The molecule has 0 radical (unpaired) electrons. The fraction of sp³-hybridized carbons (Fsp3) is 0.484. The Morgan fingerprint density at radius 1 is 0.697 bits per heavy atom. The van der Waals surface area contributed by atoms with Crippen molar-refractivity contribution >= 4 is 38.1 Å². The van der Waals surface area contributed by atoms with E-state index in [1.807, 2.05) is 0 Å². The molecule has 0 bridgehead atoms. The highest BCUT2D eigenvalue weighted by Gasteiger charge is 2.43. The lowest BCUT2D eigenvalue weighted by Gasteiger charge is -2.46. The molecule has 0 fully saturated rings. The fourth-order valence-electron chi connectivity index (χ4n) is 7.67. The van der Waals surface area contributed by atoms with Gasteiger partial charge in [-0.1, -0.05) is 35.4 Å². The number of benzene rings is 2. The minimum absolute atomic E-state index is 0.548. The van der Waals surface area contributed by atoms with Crippen molar-refractivity contribution in [3.63, 3.8) is 0 Å². The van der Waals surface area contributed by atoms with Crippen LogP contribution >= 0.6 is 26.0 Å². The maximum absolute atomic E-state index is 4.06. The van der Waals surface area contributed by atoms with Crippen LogP contribution in [0.5, 0.6) is 0 Å². The van der Waals surface area contributed by atoms with Crippen LogP contribution in [0.15, 0.2) is 27.8 Å². The lowest BCUT2D eigenvalue weighted by Crippen LogP contribution is -2.18. The van der Waals surface area contributed by atoms with Crippen molar-refractivity contribution < 1.29 is 0 Å². The Hall–Kier alpha value is -1.25. The number of halogens is 1. The summed E-state index contributed by atoms with van der Waals surface area (Å²) in [6, 6.07) is 5.26. The van der Waals surface area contributed by atoms with Gasteiger partial charge in [0, 0.05) is 15.0 Å². The summed E-state index contributed by atoms with van der Waals surface area (Å²) in [5, 5.41) is 1.11. The van der Waals surface area contributed by atoms with Gasteiger partial charge in [0.25, 0.3) is 0 Å². The highest BCUT2D eigenvalue weighted by molar-refractivity contribution is 9.10. The van der Waals surface area contributed by atoms with E-state index in [9.17, 15) is 0 Å². The molecule has 2 aromatic rings. The SMILES string of the molecule is CC1=Cc2c(cc3c(c2C)CCCC3)C1S(C)(C)C1C(C)=Cc2c1cc1c(c2Br)CCCC1. The van der Waals surface area contributed by atoms with Crippen molar-refractivity contribution in [2.45, 2.75) is 82.6 Å². The van der Waals surface area contributed by atoms with Gasteiger partial charge >= 0.3 is 0 Å². The van der Waals surface area contributed by atoms with Gasteiger partial charge in [-0.2, -0.15) is 0 Å². The monoisotopic (exact) mass is 520 g/mol. The molecule has 0 spiro atoms. The van der Waals surface area contributed by atoms with Crippen LogP contribution in [0.2, 0.25) is 0 Å². The van der Waals surface area contributed by atoms with E-state index in [1.165, 1.54) is 61.4 Å². The van der Waals surface area contributed by atoms with Crippen molar-refractivity contribution in [1.29, 1.82) is 0 Å². The molecule has 33 heavy (non-hydrogen) atoms. The third-order valence-electron chi connectivity index (χ3n) is 9.01. The molecule has 2 atom stereocenters. The predicted octanol–water partition coefficient (Wildman–Crippen LogP) is 9.20. The molecular weight excluding hydrogens is 484 g/mol. The standard InChI is InChI=1S/C31H37BrS/c1-18-14-25-20(3)23-12-8-6-10-21(23)16-27(25)30(18)33(4,5)31-19(2)15-26-28(31)17-22-11-7-9-13-24(22)29(26)32/h14-17,30-31H,6-13H2,1-5H3. The van der Waals surface area contributed by atoms with Crippen LogP contribution in [0.4, 0.5) is 0 Å². The number of fused-ring (bicyclic) bond motifs is 4. The third kappa shape index (κ3) is 3.23.